The molecule has 2 nitrogen and oxygen atoms in total. The molecule has 0 amide bonds. The molecule has 0 aromatic heterocycles. The minimum Gasteiger partial charge on any atom is -0.380 e. The number of anilines is 1. The quantitative estimate of drug-likeness (QED) is 0.828. The van der Waals surface area contributed by atoms with Crippen molar-refractivity contribution in [2.45, 2.75) is 32.7 Å². The van der Waals surface area contributed by atoms with Crippen LogP contribution < -0.4 is 5.32 Å². The predicted molar refractivity (Wildman–Crippen MR) is 91.3 cm³/mol. The number of nitrogens with one attached hydrogen (secondary N) is 1. The van der Waals surface area contributed by atoms with Crippen molar-refractivity contribution < 1.29 is 0 Å². The van der Waals surface area contributed by atoms with Crippen LogP contribution in [0.2, 0.25) is 0 Å². The van der Waals surface area contributed by atoms with E-state index in [1.807, 2.05) is 18.2 Å². The van der Waals surface area contributed by atoms with Gasteiger partial charge in [0.25, 0.3) is 0 Å². The predicted octanol–water partition coefficient (Wildman–Crippen LogP) is 5.23. The summed E-state index contributed by atoms with van der Waals surface area (Å²) in [5.41, 5.74) is 4.41. The fourth-order valence-electron chi connectivity index (χ4n) is 2.05. The minimum absolute atomic E-state index is 0.183. The van der Waals surface area contributed by atoms with Crippen molar-refractivity contribution in [1.29, 1.82) is 5.26 Å². The standard InChI is InChI=1S/C18H19BrN2/c1-18(2,3)15-7-4-13(5-8-15)12-21-17-9-6-14(11-20)10-16(17)19/h4-10,21H,12H2,1-3H3. The van der Waals surface area contributed by atoms with Crippen LogP contribution in [0, 0.1) is 11.3 Å². The number of rotatable bonds is 3. The molecule has 0 fully saturated rings. The van der Waals surface area contributed by atoms with Gasteiger partial charge in [-0.25, -0.2) is 0 Å². The first-order valence-electron chi connectivity index (χ1n) is 6.93. The minimum atomic E-state index is 0.183. The Morgan fingerprint density at radius 2 is 1.76 bits per heavy atom. The zero-order chi connectivity index (χ0) is 15.5. The van der Waals surface area contributed by atoms with E-state index in [0.717, 1.165) is 16.7 Å². The summed E-state index contributed by atoms with van der Waals surface area (Å²) in [7, 11) is 0. The molecule has 0 atom stereocenters. The molecule has 0 spiro atoms. The molecule has 0 saturated heterocycles. The summed E-state index contributed by atoms with van der Waals surface area (Å²) < 4.78 is 0.910. The largest absolute Gasteiger partial charge is 0.380 e. The molecular formula is C18H19BrN2. The third-order valence-electron chi connectivity index (χ3n) is 3.40. The zero-order valence-corrected chi connectivity index (χ0v) is 14.2. The van der Waals surface area contributed by atoms with Crippen LogP contribution in [0.15, 0.2) is 46.9 Å². The maximum atomic E-state index is 8.86. The summed E-state index contributed by atoms with van der Waals surface area (Å²) in [5.74, 6) is 0. The Hall–Kier alpha value is -1.79. The topological polar surface area (TPSA) is 35.8 Å². The molecule has 3 heteroatoms. The van der Waals surface area contributed by atoms with Gasteiger partial charge in [-0.15, -0.1) is 0 Å². The highest BCUT2D eigenvalue weighted by Crippen LogP contribution is 2.25. The summed E-state index contributed by atoms with van der Waals surface area (Å²) in [5, 5.41) is 12.2. The Balaban J connectivity index is 2.05. The third-order valence-corrected chi connectivity index (χ3v) is 4.06. The van der Waals surface area contributed by atoms with Crippen LogP contribution in [0.5, 0.6) is 0 Å². The molecular weight excluding hydrogens is 324 g/mol. The highest BCUT2D eigenvalue weighted by molar-refractivity contribution is 9.10. The van der Waals surface area contributed by atoms with E-state index in [0.29, 0.717) is 5.56 Å². The van der Waals surface area contributed by atoms with Crippen LogP contribution in [0.1, 0.15) is 37.5 Å². The summed E-state index contributed by atoms with van der Waals surface area (Å²) in [4.78, 5) is 0. The summed E-state index contributed by atoms with van der Waals surface area (Å²) in [6.45, 7) is 7.41. The van der Waals surface area contributed by atoms with Crippen molar-refractivity contribution in [3.05, 3.63) is 63.6 Å². The van der Waals surface area contributed by atoms with Crippen molar-refractivity contribution in [2.24, 2.45) is 0 Å². The van der Waals surface area contributed by atoms with Gasteiger partial charge in [-0.05, 0) is 50.7 Å². The molecule has 108 valence electrons. The van der Waals surface area contributed by atoms with Gasteiger partial charge < -0.3 is 5.32 Å². The Labute approximate surface area is 134 Å². The van der Waals surface area contributed by atoms with Crippen LogP contribution >= 0.6 is 15.9 Å². The molecule has 0 heterocycles. The van der Waals surface area contributed by atoms with E-state index in [-0.39, 0.29) is 5.41 Å². The molecule has 1 N–H and O–H groups in total. The Kier molecular flexibility index (Phi) is 4.69. The van der Waals surface area contributed by atoms with Gasteiger partial charge in [0.15, 0.2) is 0 Å². The summed E-state index contributed by atoms with van der Waals surface area (Å²) in [6, 6.07) is 16.4. The van der Waals surface area contributed by atoms with Gasteiger partial charge in [-0.3, -0.25) is 0 Å². The first kappa shape index (κ1) is 15.6. The molecule has 0 aliphatic rings. The van der Waals surface area contributed by atoms with Crippen molar-refractivity contribution in [2.75, 3.05) is 5.32 Å². The lowest BCUT2D eigenvalue weighted by Gasteiger charge is -2.19. The molecule has 0 saturated carbocycles. The highest BCUT2D eigenvalue weighted by Gasteiger charge is 2.12. The van der Waals surface area contributed by atoms with Crippen LogP contribution in [0.4, 0.5) is 5.69 Å². The molecule has 0 aliphatic carbocycles. The maximum Gasteiger partial charge on any atom is 0.0992 e. The average Bonchev–Trinajstić information content (AvgIpc) is 2.45. The van der Waals surface area contributed by atoms with Gasteiger partial charge in [0.05, 0.1) is 11.6 Å². The smallest absolute Gasteiger partial charge is 0.0992 e. The number of halogens is 1. The van der Waals surface area contributed by atoms with Crippen molar-refractivity contribution in [3.8, 4) is 6.07 Å². The van der Waals surface area contributed by atoms with Crippen LogP contribution in [-0.2, 0) is 12.0 Å². The van der Waals surface area contributed by atoms with Crippen molar-refractivity contribution in [3.63, 3.8) is 0 Å². The summed E-state index contributed by atoms with van der Waals surface area (Å²) in [6.07, 6.45) is 0. The fourth-order valence-corrected chi connectivity index (χ4v) is 2.57. The molecule has 2 aromatic rings. The number of hydrogen-bond acceptors (Lipinski definition) is 2. The normalized spacial score (nSPS) is 11.0. The lowest BCUT2D eigenvalue weighted by molar-refractivity contribution is 0.590. The van der Waals surface area contributed by atoms with E-state index in [2.05, 4.69) is 72.4 Å². The van der Waals surface area contributed by atoms with Gasteiger partial charge in [0, 0.05) is 16.7 Å². The lowest BCUT2D eigenvalue weighted by Crippen LogP contribution is -2.11. The SMILES string of the molecule is CC(C)(C)c1ccc(CNc2ccc(C#N)cc2Br)cc1. The van der Waals surface area contributed by atoms with Gasteiger partial charge in [-0.1, -0.05) is 45.0 Å². The average molecular weight is 343 g/mol. The van der Waals surface area contributed by atoms with E-state index in [1.165, 1.54) is 11.1 Å². The van der Waals surface area contributed by atoms with Gasteiger partial charge in [0.1, 0.15) is 0 Å². The molecule has 0 bridgehead atoms. The Morgan fingerprint density at radius 1 is 1.10 bits per heavy atom. The molecule has 0 radical (unpaired) electrons. The van der Waals surface area contributed by atoms with Gasteiger partial charge >= 0.3 is 0 Å². The van der Waals surface area contributed by atoms with Crippen LogP contribution in [0.25, 0.3) is 0 Å². The van der Waals surface area contributed by atoms with E-state index in [1.54, 1.807) is 0 Å². The second-order valence-electron chi connectivity index (χ2n) is 6.11. The second-order valence-corrected chi connectivity index (χ2v) is 6.96. The molecule has 2 rings (SSSR count). The number of nitrogens with zero attached hydrogens (tertiary/aromatic N) is 1. The van der Waals surface area contributed by atoms with Crippen molar-refractivity contribution >= 4 is 21.6 Å². The molecule has 0 unspecified atom stereocenters. The first-order valence-corrected chi connectivity index (χ1v) is 7.72. The lowest BCUT2D eigenvalue weighted by atomic mass is 9.87. The number of benzene rings is 2. The first-order chi connectivity index (χ1) is 9.90. The molecule has 0 aliphatic heterocycles. The molecule has 21 heavy (non-hydrogen) atoms. The van der Waals surface area contributed by atoms with Gasteiger partial charge in [0.2, 0.25) is 0 Å². The van der Waals surface area contributed by atoms with Gasteiger partial charge in [-0.2, -0.15) is 5.26 Å². The van der Waals surface area contributed by atoms with Crippen molar-refractivity contribution in [1.82, 2.24) is 0 Å². The highest BCUT2D eigenvalue weighted by atomic mass is 79.9. The molecule has 2 aromatic carbocycles. The maximum absolute atomic E-state index is 8.86. The zero-order valence-electron chi connectivity index (χ0n) is 12.6. The van der Waals surface area contributed by atoms with Crippen LogP contribution in [-0.4, -0.2) is 0 Å². The monoisotopic (exact) mass is 342 g/mol. The van der Waals surface area contributed by atoms with E-state index >= 15 is 0 Å². The van der Waals surface area contributed by atoms with E-state index < -0.39 is 0 Å². The summed E-state index contributed by atoms with van der Waals surface area (Å²) >= 11 is 3.49. The second kappa shape index (κ2) is 6.32. The fraction of sp³-hybridized carbons (Fsp3) is 0.278. The Bertz CT molecular complexity index is 661. The Morgan fingerprint density at radius 3 is 2.29 bits per heavy atom. The number of nitriles is 1. The van der Waals surface area contributed by atoms with E-state index in [4.69, 9.17) is 5.26 Å². The number of hydrogen-bond donors (Lipinski definition) is 1. The van der Waals surface area contributed by atoms with Crippen LogP contribution in [0.3, 0.4) is 0 Å². The van der Waals surface area contributed by atoms with E-state index in [9.17, 15) is 0 Å². The third kappa shape index (κ3) is 4.09.